The van der Waals surface area contributed by atoms with Crippen LogP contribution in [0.25, 0.3) is 0 Å². The Bertz CT molecular complexity index is 644. The highest BCUT2D eigenvalue weighted by Crippen LogP contribution is 2.33. The molecule has 0 saturated carbocycles. The lowest BCUT2D eigenvalue weighted by Gasteiger charge is -2.29. The Balaban J connectivity index is 1.83. The molecule has 110 valence electrons. The fraction of sp³-hybridized carbons (Fsp3) is 0.294. The first-order valence-electron chi connectivity index (χ1n) is 7.02. The van der Waals surface area contributed by atoms with Crippen molar-refractivity contribution in [1.29, 1.82) is 0 Å². The molecule has 1 aliphatic heterocycles. The predicted molar refractivity (Wildman–Crippen MR) is 83.3 cm³/mol. The molecule has 2 atom stereocenters. The van der Waals surface area contributed by atoms with Gasteiger partial charge in [-0.1, -0.05) is 36.4 Å². The largest absolute Gasteiger partial charge is 0.302 e. The number of hydrogen-bond donors (Lipinski definition) is 1. The normalized spacial score (nSPS) is 19.1. The number of benzene rings is 2. The molecule has 1 heterocycles. The lowest BCUT2D eigenvalue weighted by atomic mass is 9.99. The van der Waals surface area contributed by atoms with Crippen LogP contribution in [0.2, 0.25) is 0 Å². The van der Waals surface area contributed by atoms with E-state index >= 15 is 0 Å². The van der Waals surface area contributed by atoms with E-state index in [1.165, 1.54) is 11.1 Å². The minimum Gasteiger partial charge on any atom is -0.302 e. The van der Waals surface area contributed by atoms with Crippen molar-refractivity contribution in [2.45, 2.75) is 24.8 Å². The van der Waals surface area contributed by atoms with Crippen LogP contribution in [0, 0.1) is 11.6 Å². The molecule has 0 amide bonds. The third kappa shape index (κ3) is 2.97. The molecule has 1 nitrogen and oxygen atoms in total. The van der Waals surface area contributed by atoms with Gasteiger partial charge in [0.05, 0.1) is 0 Å². The van der Waals surface area contributed by atoms with Crippen molar-refractivity contribution in [3.8, 4) is 0 Å². The Hall–Kier alpha value is -1.39. The average molecular weight is 305 g/mol. The molecule has 0 saturated heterocycles. The van der Waals surface area contributed by atoms with E-state index in [2.05, 4.69) is 17.4 Å². The summed E-state index contributed by atoms with van der Waals surface area (Å²) in [5.41, 5.74) is 2.96. The number of hydrogen-bond acceptors (Lipinski definition) is 2. The van der Waals surface area contributed by atoms with E-state index in [-0.39, 0.29) is 12.1 Å². The molecular formula is C17H17F2NS. The standard InChI is InChI=1S/C17H17F2NS/c1-11(13-7-4-8-15(18)17(13)19)20-16-10-21-9-12-5-2-3-6-14(12)16/h2-8,11,16,20H,9-10H2,1H3/t11-,16-/m1/s1. The van der Waals surface area contributed by atoms with Gasteiger partial charge in [-0.3, -0.25) is 0 Å². The van der Waals surface area contributed by atoms with Gasteiger partial charge in [0.25, 0.3) is 0 Å². The summed E-state index contributed by atoms with van der Waals surface area (Å²) in [4.78, 5) is 0. The van der Waals surface area contributed by atoms with E-state index in [1.807, 2.05) is 30.8 Å². The molecule has 0 unspecified atom stereocenters. The molecule has 3 rings (SSSR count). The maximum Gasteiger partial charge on any atom is 0.163 e. The minimum atomic E-state index is -0.792. The van der Waals surface area contributed by atoms with Crippen molar-refractivity contribution in [3.05, 3.63) is 70.8 Å². The molecule has 21 heavy (non-hydrogen) atoms. The zero-order valence-electron chi connectivity index (χ0n) is 11.8. The van der Waals surface area contributed by atoms with Gasteiger partial charge in [-0.05, 0) is 24.1 Å². The second kappa shape index (κ2) is 6.16. The quantitative estimate of drug-likeness (QED) is 0.889. The zero-order chi connectivity index (χ0) is 14.8. The first-order chi connectivity index (χ1) is 10.2. The SMILES string of the molecule is C[C@@H](N[C@@H]1CSCc2ccccc21)c1cccc(F)c1F. The van der Waals surface area contributed by atoms with Crippen LogP contribution in [0.15, 0.2) is 42.5 Å². The Labute approximate surface area is 127 Å². The summed E-state index contributed by atoms with van der Waals surface area (Å²) < 4.78 is 27.2. The molecule has 0 fully saturated rings. The van der Waals surface area contributed by atoms with Crippen LogP contribution in [0.5, 0.6) is 0 Å². The maximum absolute atomic E-state index is 13.9. The Morgan fingerprint density at radius 2 is 1.95 bits per heavy atom. The topological polar surface area (TPSA) is 12.0 Å². The lowest BCUT2D eigenvalue weighted by molar-refractivity contribution is 0.449. The molecule has 1 N–H and O–H groups in total. The summed E-state index contributed by atoms with van der Waals surface area (Å²) in [7, 11) is 0. The number of halogens is 2. The van der Waals surface area contributed by atoms with Crippen molar-refractivity contribution >= 4 is 11.8 Å². The van der Waals surface area contributed by atoms with E-state index in [0.29, 0.717) is 5.56 Å². The monoisotopic (exact) mass is 305 g/mol. The number of nitrogens with one attached hydrogen (secondary N) is 1. The molecule has 1 aliphatic rings. The maximum atomic E-state index is 13.9. The predicted octanol–water partition coefficient (Wildman–Crippen LogP) is 4.60. The van der Waals surface area contributed by atoms with Crippen molar-refractivity contribution in [2.24, 2.45) is 0 Å². The second-order valence-electron chi connectivity index (χ2n) is 5.30. The molecular weight excluding hydrogens is 288 g/mol. The molecule has 0 aromatic heterocycles. The van der Waals surface area contributed by atoms with E-state index < -0.39 is 11.6 Å². The Morgan fingerprint density at radius 1 is 1.14 bits per heavy atom. The molecule has 4 heteroatoms. The molecule has 0 spiro atoms. The van der Waals surface area contributed by atoms with Gasteiger partial charge in [-0.25, -0.2) is 8.78 Å². The van der Waals surface area contributed by atoms with Gasteiger partial charge in [0.1, 0.15) is 0 Å². The summed E-state index contributed by atoms with van der Waals surface area (Å²) in [6.07, 6.45) is 0. The highest BCUT2D eigenvalue weighted by atomic mass is 32.2. The summed E-state index contributed by atoms with van der Waals surface area (Å²) in [6, 6.07) is 12.6. The third-order valence-corrected chi connectivity index (χ3v) is 4.96. The van der Waals surface area contributed by atoms with E-state index in [0.717, 1.165) is 17.6 Å². The first kappa shape index (κ1) is 14.5. The number of rotatable bonds is 3. The van der Waals surface area contributed by atoms with Crippen LogP contribution in [-0.2, 0) is 5.75 Å². The van der Waals surface area contributed by atoms with Gasteiger partial charge in [-0.15, -0.1) is 0 Å². The fourth-order valence-corrected chi connectivity index (χ4v) is 3.88. The highest BCUT2D eigenvalue weighted by molar-refractivity contribution is 7.98. The van der Waals surface area contributed by atoms with E-state index in [4.69, 9.17) is 0 Å². The minimum absolute atomic E-state index is 0.164. The molecule has 2 aromatic rings. The first-order valence-corrected chi connectivity index (χ1v) is 8.18. The van der Waals surface area contributed by atoms with Crippen molar-refractivity contribution in [1.82, 2.24) is 5.32 Å². The van der Waals surface area contributed by atoms with Gasteiger partial charge in [0.2, 0.25) is 0 Å². The summed E-state index contributed by atoms with van der Waals surface area (Å²) in [5.74, 6) is 0.406. The van der Waals surface area contributed by atoms with Crippen LogP contribution >= 0.6 is 11.8 Å². The van der Waals surface area contributed by atoms with Gasteiger partial charge in [0.15, 0.2) is 11.6 Å². The average Bonchev–Trinajstić information content (AvgIpc) is 2.50. The van der Waals surface area contributed by atoms with Crippen LogP contribution in [0.4, 0.5) is 8.78 Å². The van der Waals surface area contributed by atoms with Crippen LogP contribution in [-0.4, -0.2) is 5.75 Å². The molecule has 0 bridgehead atoms. The molecule has 0 aliphatic carbocycles. The fourth-order valence-electron chi connectivity index (χ4n) is 2.77. The van der Waals surface area contributed by atoms with Gasteiger partial charge in [-0.2, -0.15) is 11.8 Å². The van der Waals surface area contributed by atoms with Gasteiger partial charge >= 0.3 is 0 Å². The number of thioether (sulfide) groups is 1. The van der Waals surface area contributed by atoms with Gasteiger partial charge in [0, 0.05) is 29.2 Å². The lowest BCUT2D eigenvalue weighted by Crippen LogP contribution is -2.29. The zero-order valence-corrected chi connectivity index (χ0v) is 12.6. The van der Waals surface area contributed by atoms with E-state index in [1.54, 1.807) is 12.1 Å². The van der Waals surface area contributed by atoms with Gasteiger partial charge < -0.3 is 5.32 Å². The smallest absolute Gasteiger partial charge is 0.163 e. The summed E-state index contributed by atoms with van der Waals surface area (Å²) in [5, 5.41) is 3.43. The summed E-state index contributed by atoms with van der Waals surface area (Å²) in [6.45, 7) is 1.87. The van der Waals surface area contributed by atoms with Crippen LogP contribution in [0.1, 0.15) is 35.7 Å². The van der Waals surface area contributed by atoms with Crippen molar-refractivity contribution in [3.63, 3.8) is 0 Å². The highest BCUT2D eigenvalue weighted by Gasteiger charge is 2.23. The summed E-state index contributed by atoms with van der Waals surface area (Å²) >= 11 is 1.86. The second-order valence-corrected chi connectivity index (χ2v) is 6.33. The number of fused-ring (bicyclic) bond motifs is 1. The third-order valence-electron chi connectivity index (χ3n) is 3.87. The van der Waals surface area contributed by atoms with E-state index in [9.17, 15) is 8.78 Å². The van der Waals surface area contributed by atoms with Crippen molar-refractivity contribution < 1.29 is 8.78 Å². The molecule has 0 radical (unpaired) electrons. The molecule has 2 aromatic carbocycles. The Kier molecular flexibility index (Phi) is 4.27. The van der Waals surface area contributed by atoms with Crippen LogP contribution in [0.3, 0.4) is 0 Å². The van der Waals surface area contributed by atoms with Crippen molar-refractivity contribution in [2.75, 3.05) is 5.75 Å². The van der Waals surface area contributed by atoms with Crippen LogP contribution < -0.4 is 5.32 Å². The Morgan fingerprint density at radius 3 is 2.81 bits per heavy atom.